The van der Waals surface area contributed by atoms with Crippen molar-refractivity contribution in [1.82, 2.24) is 9.97 Å². The first-order valence-corrected chi connectivity index (χ1v) is 10.6. The molecule has 0 saturated heterocycles. The van der Waals surface area contributed by atoms with Gasteiger partial charge >= 0.3 is 0 Å². The van der Waals surface area contributed by atoms with E-state index in [9.17, 15) is 10.2 Å². The van der Waals surface area contributed by atoms with Crippen LogP contribution in [-0.2, 0) is 0 Å². The zero-order chi connectivity index (χ0) is 23.9. The lowest BCUT2D eigenvalue weighted by atomic mass is 10.2. The number of hydrogen-bond acceptors (Lipinski definition) is 8. The van der Waals surface area contributed by atoms with Crippen LogP contribution < -0.4 is 10.0 Å². The SMILES string of the molecule is CN(/N=C/c1ccccc1O)c1cc(N(C)/N=C/c2ccccc2O)nc(-c2ccccc2)n1. The van der Waals surface area contributed by atoms with Crippen molar-refractivity contribution in [1.29, 1.82) is 0 Å². The molecule has 0 spiro atoms. The van der Waals surface area contributed by atoms with Gasteiger partial charge in [-0.2, -0.15) is 10.2 Å². The Hall–Kier alpha value is -4.72. The Morgan fingerprint density at radius 1 is 0.647 bits per heavy atom. The highest BCUT2D eigenvalue weighted by Gasteiger charge is 2.12. The molecule has 0 unspecified atom stereocenters. The molecule has 1 aromatic heterocycles. The maximum Gasteiger partial charge on any atom is 0.164 e. The van der Waals surface area contributed by atoms with Crippen LogP contribution >= 0.6 is 0 Å². The molecule has 8 nitrogen and oxygen atoms in total. The molecule has 34 heavy (non-hydrogen) atoms. The van der Waals surface area contributed by atoms with E-state index in [1.807, 2.05) is 42.5 Å². The molecule has 0 atom stereocenters. The van der Waals surface area contributed by atoms with Crippen molar-refractivity contribution in [3.05, 3.63) is 96.1 Å². The number of phenols is 2. The molecule has 0 aliphatic heterocycles. The third-order valence-electron chi connectivity index (χ3n) is 5.01. The highest BCUT2D eigenvalue weighted by molar-refractivity contribution is 5.84. The number of aromatic hydroxyl groups is 2. The average molecular weight is 453 g/mol. The first kappa shape index (κ1) is 22.5. The molecule has 4 aromatic rings. The van der Waals surface area contributed by atoms with Gasteiger partial charge < -0.3 is 10.2 Å². The van der Waals surface area contributed by atoms with E-state index in [1.54, 1.807) is 79.0 Å². The Bertz CT molecular complexity index is 1240. The summed E-state index contributed by atoms with van der Waals surface area (Å²) in [5, 5.41) is 32.1. The fourth-order valence-electron chi connectivity index (χ4n) is 3.08. The molecule has 0 fully saturated rings. The molecular weight excluding hydrogens is 428 g/mol. The number of anilines is 2. The summed E-state index contributed by atoms with van der Waals surface area (Å²) in [5.41, 5.74) is 2.04. The van der Waals surface area contributed by atoms with Crippen molar-refractivity contribution in [2.75, 3.05) is 24.1 Å². The van der Waals surface area contributed by atoms with E-state index >= 15 is 0 Å². The maximum atomic E-state index is 10.0. The summed E-state index contributed by atoms with van der Waals surface area (Å²) in [6.07, 6.45) is 3.14. The van der Waals surface area contributed by atoms with Crippen LogP contribution in [0.25, 0.3) is 11.4 Å². The molecule has 0 radical (unpaired) electrons. The third-order valence-corrected chi connectivity index (χ3v) is 5.01. The lowest BCUT2D eigenvalue weighted by Crippen LogP contribution is -2.16. The van der Waals surface area contributed by atoms with Gasteiger partial charge in [-0.15, -0.1) is 0 Å². The Labute approximate surface area is 197 Å². The van der Waals surface area contributed by atoms with Crippen molar-refractivity contribution >= 4 is 24.1 Å². The second-order valence-corrected chi connectivity index (χ2v) is 7.43. The predicted octanol–water partition coefficient (Wildman–Crippen LogP) is 4.50. The van der Waals surface area contributed by atoms with Gasteiger partial charge in [-0.1, -0.05) is 54.6 Å². The van der Waals surface area contributed by atoms with Crippen LogP contribution in [0.4, 0.5) is 11.6 Å². The van der Waals surface area contributed by atoms with E-state index in [4.69, 9.17) is 0 Å². The number of aromatic nitrogens is 2. The van der Waals surface area contributed by atoms with Gasteiger partial charge in [0, 0.05) is 36.9 Å². The summed E-state index contributed by atoms with van der Waals surface area (Å²) in [6.45, 7) is 0. The maximum absolute atomic E-state index is 10.0. The van der Waals surface area contributed by atoms with E-state index in [2.05, 4.69) is 20.2 Å². The van der Waals surface area contributed by atoms with Crippen LogP contribution in [0.3, 0.4) is 0 Å². The summed E-state index contributed by atoms with van der Waals surface area (Å²) < 4.78 is 0. The Balaban J connectivity index is 1.68. The van der Waals surface area contributed by atoms with Gasteiger partial charge in [0.15, 0.2) is 17.5 Å². The smallest absolute Gasteiger partial charge is 0.164 e. The van der Waals surface area contributed by atoms with Crippen molar-refractivity contribution in [2.24, 2.45) is 10.2 Å². The Morgan fingerprint density at radius 3 is 1.56 bits per heavy atom. The minimum atomic E-state index is 0.145. The molecule has 0 amide bonds. The van der Waals surface area contributed by atoms with Crippen LogP contribution in [-0.4, -0.2) is 46.7 Å². The van der Waals surface area contributed by atoms with Gasteiger partial charge in [-0.25, -0.2) is 9.97 Å². The second-order valence-electron chi connectivity index (χ2n) is 7.43. The van der Waals surface area contributed by atoms with E-state index in [1.165, 1.54) is 0 Å². The fourth-order valence-corrected chi connectivity index (χ4v) is 3.08. The van der Waals surface area contributed by atoms with Crippen LogP contribution in [0.5, 0.6) is 11.5 Å². The zero-order valence-corrected chi connectivity index (χ0v) is 18.8. The third kappa shape index (κ3) is 5.36. The Kier molecular flexibility index (Phi) is 6.78. The van der Waals surface area contributed by atoms with E-state index in [-0.39, 0.29) is 11.5 Å². The summed E-state index contributed by atoms with van der Waals surface area (Å²) in [7, 11) is 3.53. The quantitative estimate of drug-likeness (QED) is 0.317. The van der Waals surface area contributed by atoms with Crippen LogP contribution in [0.1, 0.15) is 11.1 Å². The van der Waals surface area contributed by atoms with E-state index in [0.29, 0.717) is 28.6 Å². The van der Waals surface area contributed by atoms with Gasteiger partial charge in [0.05, 0.1) is 12.4 Å². The highest BCUT2D eigenvalue weighted by atomic mass is 16.3. The minimum absolute atomic E-state index is 0.145. The summed E-state index contributed by atoms with van der Waals surface area (Å²) in [4.78, 5) is 9.35. The molecule has 4 rings (SSSR count). The zero-order valence-electron chi connectivity index (χ0n) is 18.8. The molecule has 0 aliphatic rings. The second kappa shape index (κ2) is 10.3. The number of rotatable bonds is 7. The normalized spacial score (nSPS) is 11.2. The molecule has 3 aromatic carbocycles. The number of hydrazone groups is 2. The number of benzene rings is 3. The monoisotopic (exact) mass is 452 g/mol. The summed E-state index contributed by atoms with van der Waals surface area (Å²) in [6, 6.07) is 25.3. The van der Waals surface area contributed by atoms with Crippen molar-refractivity contribution < 1.29 is 10.2 Å². The molecular formula is C26H24N6O2. The van der Waals surface area contributed by atoms with E-state index < -0.39 is 0 Å². The average Bonchev–Trinajstić information content (AvgIpc) is 2.87. The number of nitrogens with zero attached hydrogens (tertiary/aromatic N) is 6. The molecule has 170 valence electrons. The van der Waals surface area contributed by atoms with Crippen LogP contribution in [0.2, 0.25) is 0 Å². The van der Waals surface area contributed by atoms with Gasteiger partial charge in [0.25, 0.3) is 0 Å². The summed E-state index contributed by atoms with van der Waals surface area (Å²) >= 11 is 0. The largest absolute Gasteiger partial charge is 0.507 e. The standard InChI is InChI=1S/C26H24N6O2/c1-31(27-17-20-12-6-8-14-22(20)33)24-16-25(30-26(29-24)19-10-4-3-5-11-19)32(2)28-18-21-13-7-9-15-23(21)34/h3-18,33-34H,1-2H3/b27-17+,28-18+. The molecule has 0 aliphatic carbocycles. The Morgan fingerprint density at radius 2 is 1.09 bits per heavy atom. The van der Waals surface area contributed by atoms with Crippen LogP contribution in [0.15, 0.2) is 95.1 Å². The van der Waals surface area contributed by atoms with Crippen LogP contribution in [0, 0.1) is 0 Å². The molecule has 8 heteroatoms. The molecule has 0 saturated carbocycles. The predicted molar refractivity (Wildman–Crippen MR) is 136 cm³/mol. The van der Waals surface area contributed by atoms with Gasteiger partial charge in [0.1, 0.15) is 11.5 Å². The van der Waals surface area contributed by atoms with E-state index in [0.717, 1.165) is 5.56 Å². The lowest BCUT2D eigenvalue weighted by Gasteiger charge is -2.18. The topological polar surface area (TPSA) is 97.4 Å². The highest BCUT2D eigenvalue weighted by Crippen LogP contribution is 2.24. The minimum Gasteiger partial charge on any atom is -0.507 e. The summed E-state index contributed by atoms with van der Waals surface area (Å²) in [5.74, 6) is 1.89. The van der Waals surface area contributed by atoms with Crippen molar-refractivity contribution in [3.8, 4) is 22.9 Å². The van der Waals surface area contributed by atoms with Gasteiger partial charge in [0.2, 0.25) is 0 Å². The van der Waals surface area contributed by atoms with Crippen molar-refractivity contribution in [3.63, 3.8) is 0 Å². The number of para-hydroxylation sites is 2. The lowest BCUT2D eigenvalue weighted by molar-refractivity contribution is 0.474. The first-order valence-electron chi connectivity index (χ1n) is 10.6. The van der Waals surface area contributed by atoms with Gasteiger partial charge in [-0.3, -0.25) is 10.0 Å². The number of hydrogen-bond donors (Lipinski definition) is 2. The fraction of sp³-hybridized carbons (Fsp3) is 0.0769. The van der Waals surface area contributed by atoms with Gasteiger partial charge in [-0.05, 0) is 24.3 Å². The van der Waals surface area contributed by atoms with Crippen molar-refractivity contribution in [2.45, 2.75) is 0 Å². The number of phenolic OH excluding ortho intramolecular Hbond substituents is 2. The molecule has 1 heterocycles. The molecule has 2 N–H and O–H groups in total. The first-order chi connectivity index (χ1) is 16.5. The molecule has 0 bridgehead atoms.